The van der Waals surface area contributed by atoms with Crippen LogP contribution in [0.15, 0.2) is 52.3 Å². The Bertz CT molecular complexity index is 575. The van der Waals surface area contributed by atoms with Gasteiger partial charge in [-0.3, -0.25) is 4.99 Å². The molecule has 0 unspecified atom stereocenters. The van der Waals surface area contributed by atoms with Gasteiger partial charge in [0.15, 0.2) is 5.96 Å². The number of guanidine groups is 1. The number of nitrogens with one attached hydrogen (secondary N) is 1. The Balaban J connectivity index is 1.74. The van der Waals surface area contributed by atoms with Crippen LogP contribution in [-0.2, 0) is 13.0 Å². The SMILES string of the molecule is CN=C(NCc1ccoc1)N1CCc2ccccc21. The van der Waals surface area contributed by atoms with Crippen LogP contribution in [0, 0.1) is 0 Å². The number of benzene rings is 1. The number of hydrogen-bond donors (Lipinski definition) is 1. The molecule has 4 heteroatoms. The smallest absolute Gasteiger partial charge is 0.198 e. The lowest BCUT2D eigenvalue weighted by molar-refractivity contribution is 0.563. The molecule has 3 rings (SSSR count). The molecule has 19 heavy (non-hydrogen) atoms. The Kier molecular flexibility index (Phi) is 3.23. The molecule has 0 spiro atoms. The summed E-state index contributed by atoms with van der Waals surface area (Å²) in [6.07, 6.45) is 4.51. The van der Waals surface area contributed by atoms with Crippen molar-refractivity contribution in [3.05, 3.63) is 54.0 Å². The van der Waals surface area contributed by atoms with E-state index < -0.39 is 0 Å². The van der Waals surface area contributed by atoms with E-state index in [-0.39, 0.29) is 0 Å². The van der Waals surface area contributed by atoms with Gasteiger partial charge >= 0.3 is 0 Å². The molecule has 4 nitrogen and oxygen atoms in total. The highest BCUT2D eigenvalue weighted by Crippen LogP contribution is 2.27. The average Bonchev–Trinajstić information content (AvgIpc) is 3.09. The zero-order valence-corrected chi connectivity index (χ0v) is 11.0. The normalized spacial score (nSPS) is 14.6. The number of hydrogen-bond acceptors (Lipinski definition) is 2. The molecule has 1 aliphatic rings. The van der Waals surface area contributed by atoms with Crippen LogP contribution in [0.25, 0.3) is 0 Å². The summed E-state index contributed by atoms with van der Waals surface area (Å²) in [5.41, 5.74) is 3.75. The van der Waals surface area contributed by atoms with Gasteiger partial charge in [-0.15, -0.1) is 0 Å². The summed E-state index contributed by atoms with van der Waals surface area (Å²) in [4.78, 5) is 6.60. The van der Waals surface area contributed by atoms with Gasteiger partial charge in [-0.1, -0.05) is 18.2 Å². The van der Waals surface area contributed by atoms with Gasteiger partial charge in [-0.25, -0.2) is 0 Å². The van der Waals surface area contributed by atoms with Crippen molar-refractivity contribution < 1.29 is 4.42 Å². The van der Waals surface area contributed by atoms with Crippen LogP contribution < -0.4 is 10.2 Å². The fraction of sp³-hybridized carbons (Fsp3) is 0.267. The highest BCUT2D eigenvalue weighted by molar-refractivity contribution is 5.97. The van der Waals surface area contributed by atoms with Crippen LogP contribution in [0.5, 0.6) is 0 Å². The lowest BCUT2D eigenvalue weighted by atomic mass is 10.2. The molecule has 0 aliphatic carbocycles. The Morgan fingerprint density at radius 1 is 1.37 bits per heavy atom. The Morgan fingerprint density at radius 3 is 3.05 bits per heavy atom. The van der Waals surface area contributed by atoms with Gasteiger partial charge in [0.2, 0.25) is 0 Å². The third-order valence-electron chi connectivity index (χ3n) is 3.39. The van der Waals surface area contributed by atoms with E-state index in [9.17, 15) is 0 Å². The van der Waals surface area contributed by atoms with Crippen molar-refractivity contribution in [2.75, 3.05) is 18.5 Å². The number of rotatable bonds is 2. The number of anilines is 1. The second-order valence-corrected chi connectivity index (χ2v) is 4.56. The number of aliphatic imine (C=N–C) groups is 1. The predicted octanol–water partition coefficient (Wildman–Crippen LogP) is 2.42. The monoisotopic (exact) mass is 255 g/mol. The van der Waals surface area contributed by atoms with Crippen molar-refractivity contribution in [2.24, 2.45) is 4.99 Å². The highest BCUT2D eigenvalue weighted by Gasteiger charge is 2.22. The van der Waals surface area contributed by atoms with Crippen LogP contribution in [0.1, 0.15) is 11.1 Å². The first-order valence-corrected chi connectivity index (χ1v) is 6.45. The second-order valence-electron chi connectivity index (χ2n) is 4.56. The van der Waals surface area contributed by atoms with Crippen molar-refractivity contribution >= 4 is 11.6 Å². The van der Waals surface area contributed by atoms with Crippen LogP contribution >= 0.6 is 0 Å². The predicted molar refractivity (Wildman–Crippen MR) is 76.4 cm³/mol. The quantitative estimate of drug-likeness (QED) is 0.662. The summed E-state index contributed by atoms with van der Waals surface area (Å²) >= 11 is 0. The highest BCUT2D eigenvalue weighted by atomic mass is 16.3. The molecule has 1 aromatic carbocycles. The van der Waals surface area contributed by atoms with Gasteiger partial charge in [0.05, 0.1) is 12.5 Å². The zero-order valence-electron chi connectivity index (χ0n) is 11.0. The Labute approximate surface area is 112 Å². The molecule has 1 aliphatic heterocycles. The number of fused-ring (bicyclic) bond motifs is 1. The van der Waals surface area contributed by atoms with Crippen LogP contribution in [0.2, 0.25) is 0 Å². The van der Waals surface area contributed by atoms with Gasteiger partial charge in [0.25, 0.3) is 0 Å². The molecular weight excluding hydrogens is 238 g/mol. The fourth-order valence-corrected chi connectivity index (χ4v) is 2.43. The maximum absolute atomic E-state index is 5.07. The maximum atomic E-state index is 5.07. The molecule has 0 saturated carbocycles. The summed E-state index contributed by atoms with van der Waals surface area (Å²) < 4.78 is 5.07. The van der Waals surface area contributed by atoms with Gasteiger partial charge in [-0.2, -0.15) is 0 Å². The van der Waals surface area contributed by atoms with E-state index in [0.29, 0.717) is 0 Å². The van der Waals surface area contributed by atoms with Crippen molar-refractivity contribution in [3.63, 3.8) is 0 Å². The molecule has 1 aromatic heterocycles. The molecule has 98 valence electrons. The van der Waals surface area contributed by atoms with E-state index in [1.807, 2.05) is 13.1 Å². The van der Waals surface area contributed by atoms with Crippen molar-refractivity contribution in [1.29, 1.82) is 0 Å². The van der Waals surface area contributed by atoms with Crippen molar-refractivity contribution in [3.8, 4) is 0 Å². The summed E-state index contributed by atoms with van der Waals surface area (Å²) in [5.74, 6) is 0.908. The van der Waals surface area contributed by atoms with E-state index in [2.05, 4.69) is 39.5 Å². The van der Waals surface area contributed by atoms with Gasteiger partial charge in [-0.05, 0) is 24.1 Å². The van der Waals surface area contributed by atoms with Crippen LogP contribution in [0.4, 0.5) is 5.69 Å². The maximum Gasteiger partial charge on any atom is 0.198 e. The summed E-state index contributed by atoms with van der Waals surface area (Å²) in [6, 6.07) is 10.4. The molecule has 0 bridgehead atoms. The first-order valence-electron chi connectivity index (χ1n) is 6.45. The van der Waals surface area contributed by atoms with E-state index in [1.165, 1.54) is 11.3 Å². The average molecular weight is 255 g/mol. The number of furan rings is 1. The fourth-order valence-electron chi connectivity index (χ4n) is 2.43. The summed E-state index contributed by atoms with van der Waals surface area (Å²) in [5, 5.41) is 3.37. The number of nitrogens with zero attached hydrogens (tertiary/aromatic N) is 2. The van der Waals surface area contributed by atoms with E-state index in [0.717, 1.165) is 31.0 Å². The van der Waals surface area contributed by atoms with E-state index >= 15 is 0 Å². The molecule has 1 N–H and O–H groups in total. The largest absolute Gasteiger partial charge is 0.472 e. The summed E-state index contributed by atoms with van der Waals surface area (Å²) in [6.45, 7) is 1.70. The second kappa shape index (κ2) is 5.18. The molecule has 0 amide bonds. The van der Waals surface area contributed by atoms with Crippen molar-refractivity contribution in [2.45, 2.75) is 13.0 Å². The third kappa shape index (κ3) is 2.34. The van der Waals surface area contributed by atoms with Gasteiger partial charge in [0, 0.05) is 31.4 Å². The molecule has 0 atom stereocenters. The Hall–Kier alpha value is -2.23. The molecule has 0 fully saturated rings. The minimum absolute atomic E-state index is 0.724. The first-order chi connectivity index (χ1) is 9.38. The zero-order chi connectivity index (χ0) is 13.1. The van der Waals surface area contributed by atoms with Gasteiger partial charge in [0.1, 0.15) is 0 Å². The van der Waals surface area contributed by atoms with Crippen molar-refractivity contribution in [1.82, 2.24) is 5.32 Å². The van der Waals surface area contributed by atoms with E-state index in [1.54, 1.807) is 12.5 Å². The lowest BCUT2D eigenvalue weighted by Gasteiger charge is -2.22. The Morgan fingerprint density at radius 2 is 2.26 bits per heavy atom. The molecular formula is C15H17N3O. The van der Waals surface area contributed by atoms with Crippen LogP contribution in [-0.4, -0.2) is 19.6 Å². The minimum atomic E-state index is 0.724. The number of para-hydroxylation sites is 1. The molecule has 2 aromatic rings. The molecule has 0 saturated heterocycles. The lowest BCUT2D eigenvalue weighted by Crippen LogP contribution is -2.40. The standard InChI is InChI=1S/C15H17N3O/c1-16-15(17-10-12-7-9-19-11-12)18-8-6-13-4-2-3-5-14(13)18/h2-5,7,9,11H,6,8,10H2,1H3,(H,16,17). The molecule has 0 radical (unpaired) electrons. The summed E-state index contributed by atoms with van der Waals surface area (Å²) in [7, 11) is 1.82. The minimum Gasteiger partial charge on any atom is -0.472 e. The molecule has 2 heterocycles. The first kappa shape index (κ1) is 11.8. The van der Waals surface area contributed by atoms with E-state index in [4.69, 9.17) is 4.42 Å². The topological polar surface area (TPSA) is 40.8 Å². The van der Waals surface area contributed by atoms with Crippen LogP contribution in [0.3, 0.4) is 0 Å². The third-order valence-corrected chi connectivity index (χ3v) is 3.39. The van der Waals surface area contributed by atoms with Gasteiger partial charge < -0.3 is 14.6 Å².